The molecule has 0 bridgehead atoms. The number of rotatable bonds is 5. The number of thiophene rings is 1. The van der Waals surface area contributed by atoms with Crippen LogP contribution in [0, 0.1) is 0 Å². The predicted octanol–water partition coefficient (Wildman–Crippen LogP) is 3.58. The normalized spacial score (nSPS) is 19.6. The zero-order valence-corrected chi connectivity index (χ0v) is 12.7. The minimum Gasteiger partial charge on any atom is -0.373 e. The number of hydrogen-bond donors (Lipinski definition) is 1. The van der Waals surface area contributed by atoms with Gasteiger partial charge >= 0.3 is 0 Å². The van der Waals surface area contributed by atoms with Crippen molar-refractivity contribution in [2.24, 2.45) is 0 Å². The largest absolute Gasteiger partial charge is 0.373 e. The summed E-state index contributed by atoms with van der Waals surface area (Å²) in [5, 5.41) is 5.59. The quantitative estimate of drug-likeness (QED) is 0.907. The molecule has 2 atom stereocenters. The molecule has 0 fully saturated rings. The van der Waals surface area contributed by atoms with E-state index in [-0.39, 0.29) is 6.10 Å². The zero-order chi connectivity index (χ0) is 13.8. The van der Waals surface area contributed by atoms with Crippen LogP contribution in [0.1, 0.15) is 28.5 Å². The first-order chi connectivity index (χ1) is 9.86. The second kappa shape index (κ2) is 6.53. The van der Waals surface area contributed by atoms with Crippen LogP contribution in [-0.4, -0.2) is 19.7 Å². The van der Waals surface area contributed by atoms with Gasteiger partial charge in [0.25, 0.3) is 0 Å². The van der Waals surface area contributed by atoms with Crippen molar-refractivity contribution in [2.75, 3.05) is 13.7 Å². The molecular formula is C17H21NOS. The molecule has 1 N–H and O–H groups in total. The van der Waals surface area contributed by atoms with Gasteiger partial charge in [-0.2, -0.15) is 0 Å². The Bertz CT molecular complexity index is 538. The molecule has 20 heavy (non-hydrogen) atoms. The van der Waals surface area contributed by atoms with Gasteiger partial charge in [-0.25, -0.2) is 0 Å². The highest BCUT2D eigenvalue weighted by atomic mass is 32.1. The lowest BCUT2D eigenvalue weighted by Crippen LogP contribution is -2.31. The first kappa shape index (κ1) is 13.8. The molecule has 0 saturated heterocycles. The average Bonchev–Trinajstić information content (AvgIpc) is 3.00. The molecule has 2 aromatic rings. The molecule has 1 aromatic heterocycles. The summed E-state index contributed by atoms with van der Waals surface area (Å²) >= 11 is 1.83. The molecule has 2 nitrogen and oxygen atoms in total. The minimum absolute atomic E-state index is 0.234. The Balaban J connectivity index is 1.70. The van der Waals surface area contributed by atoms with Gasteiger partial charge in [-0.05, 0) is 48.9 Å². The van der Waals surface area contributed by atoms with E-state index in [4.69, 9.17) is 4.74 Å². The highest BCUT2D eigenvalue weighted by molar-refractivity contribution is 7.09. The summed E-state index contributed by atoms with van der Waals surface area (Å²) in [5.41, 5.74) is 2.83. The van der Waals surface area contributed by atoms with E-state index in [0.29, 0.717) is 6.04 Å². The van der Waals surface area contributed by atoms with E-state index >= 15 is 0 Å². The van der Waals surface area contributed by atoms with Crippen LogP contribution in [0.2, 0.25) is 0 Å². The topological polar surface area (TPSA) is 21.3 Å². The molecule has 1 aliphatic heterocycles. The molecule has 0 radical (unpaired) electrons. The minimum atomic E-state index is 0.234. The van der Waals surface area contributed by atoms with Crippen LogP contribution in [0.4, 0.5) is 0 Å². The second-order valence-corrected chi connectivity index (χ2v) is 6.35. The molecule has 2 unspecified atom stereocenters. The summed E-state index contributed by atoms with van der Waals surface area (Å²) < 4.78 is 6.02. The summed E-state index contributed by atoms with van der Waals surface area (Å²) in [4.78, 5) is 1.44. The van der Waals surface area contributed by atoms with E-state index in [2.05, 4.69) is 47.1 Å². The Hall–Kier alpha value is -1.16. The van der Waals surface area contributed by atoms with E-state index in [9.17, 15) is 0 Å². The van der Waals surface area contributed by atoms with Crippen molar-refractivity contribution in [3.05, 3.63) is 57.8 Å². The van der Waals surface area contributed by atoms with Crippen LogP contribution in [0.3, 0.4) is 0 Å². The number of hydrogen-bond acceptors (Lipinski definition) is 3. The molecule has 2 heterocycles. The monoisotopic (exact) mass is 287 g/mol. The van der Waals surface area contributed by atoms with E-state index in [1.165, 1.54) is 16.0 Å². The third-order valence-electron chi connectivity index (χ3n) is 4.03. The fraction of sp³-hybridized carbons (Fsp3) is 0.412. The maximum absolute atomic E-state index is 6.02. The summed E-state index contributed by atoms with van der Waals surface area (Å²) in [5.74, 6) is 0. The third-order valence-corrected chi connectivity index (χ3v) is 4.93. The highest BCUT2D eigenvalue weighted by Gasteiger charge is 2.23. The number of benzene rings is 1. The van der Waals surface area contributed by atoms with Gasteiger partial charge in [0.1, 0.15) is 0 Å². The standard InChI is InChI=1S/C17H21NOS/c1-18-14(11-15-6-4-10-20-15)12-17-16-7-3-2-5-13(16)8-9-19-17/h2-7,10,14,17-18H,8-9,11-12H2,1H3. The van der Waals surface area contributed by atoms with Crippen molar-refractivity contribution in [3.63, 3.8) is 0 Å². The predicted molar refractivity (Wildman–Crippen MR) is 84.3 cm³/mol. The molecule has 3 heteroatoms. The van der Waals surface area contributed by atoms with Crippen molar-refractivity contribution >= 4 is 11.3 Å². The Morgan fingerprint density at radius 2 is 2.20 bits per heavy atom. The number of likely N-dealkylation sites (N-methyl/N-ethyl adjacent to an activating group) is 1. The Kier molecular flexibility index (Phi) is 4.51. The Morgan fingerprint density at radius 1 is 1.30 bits per heavy atom. The molecule has 0 saturated carbocycles. The van der Waals surface area contributed by atoms with E-state index in [0.717, 1.165) is 25.9 Å². The molecule has 3 rings (SSSR count). The second-order valence-electron chi connectivity index (χ2n) is 5.31. The van der Waals surface area contributed by atoms with Crippen molar-refractivity contribution in [3.8, 4) is 0 Å². The fourth-order valence-electron chi connectivity index (χ4n) is 2.91. The van der Waals surface area contributed by atoms with Crippen LogP contribution in [0.5, 0.6) is 0 Å². The van der Waals surface area contributed by atoms with Gasteiger partial charge in [-0.3, -0.25) is 0 Å². The zero-order valence-electron chi connectivity index (χ0n) is 11.8. The molecule has 1 aliphatic rings. The van der Waals surface area contributed by atoms with Gasteiger partial charge in [-0.15, -0.1) is 11.3 Å². The van der Waals surface area contributed by atoms with Crippen molar-refractivity contribution in [1.82, 2.24) is 5.32 Å². The lowest BCUT2D eigenvalue weighted by Gasteiger charge is -2.29. The van der Waals surface area contributed by atoms with Crippen molar-refractivity contribution < 1.29 is 4.74 Å². The van der Waals surface area contributed by atoms with Crippen LogP contribution in [0.15, 0.2) is 41.8 Å². The van der Waals surface area contributed by atoms with E-state index in [1.807, 2.05) is 18.4 Å². The van der Waals surface area contributed by atoms with Gasteiger partial charge in [-0.1, -0.05) is 30.3 Å². The SMILES string of the molecule is CNC(Cc1cccs1)CC1OCCc2ccccc21. The van der Waals surface area contributed by atoms with Crippen LogP contribution >= 0.6 is 11.3 Å². The maximum atomic E-state index is 6.02. The third kappa shape index (κ3) is 3.11. The molecule has 0 spiro atoms. The van der Waals surface area contributed by atoms with Gasteiger partial charge in [0.2, 0.25) is 0 Å². The lowest BCUT2D eigenvalue weighted by atomic mass is 9.92. The first-order valence-electron chi connectivity index (χ1n) is 7.26. The Morgan fingerprint density at radius 3 is 3.00 bits per heavy atom. The molecule has 1 aromatic carbocycles. The number of ether oxygens (including phenoxy) is 1. The number of nitrogens with one attached hydrogen (secondary N) is 1. The van der Waals surface area contributed by atoms with Crippen LogP contribution in [-0.2, 0) is 17.6 Å². The van der Waals surface area contributed by atoms with Crippen LogP contribution < -0.4 is 5.32 Å². The van der Waals surface area contributed by atoms with Crippen molar-refractivity contribution in [2.45, 2.75) is 31.4 Å². The Labute approximate surface area is 124 Å². The number of fused-ring (bicyclic) bond motifs is 1. The average molecular weight is 287 g/mol. The highest BCUT2D eigenvalue weighted by Crippen LogP contribution is 2.31. The van der Waals surface area contributed by atoms with Gasteiger partial charge in [0.05, 0.1) is 12.7 Å². The molecular weight excluding hydrogens is 266 g/mol. The summed E-state index contributed by atoms with van der Waals surface area (Å²) in [6, 6.07) is 13.5. The summed E-state index contributed by atoms with van der Waals surface area (Å²) in [6.45, 7) is 0.844. The summed E-state index contributed by atoms with van der Waals surface area (Å²) in [7, 11) is 2.05. The van der Waals surface area contributed by atoms with Gasteiger partial charge in [0.15, 0.2) is 0 Å². The molecule has 106 valence electrons. The molecule has 0 aliphatic carbocycles. The van der Waals surface area contributed by atoms with Gasteiger partial charge in [0, 0.05) is 10.9 Å². The maximum Gasteiger partial charge on any atom is 0.0842 e. The van der Waals surface area contributed by atoms with Gasteiger partial charge < -0.3 is 10.1 Å². The van der Waals surface area contributed by atoms with E-state index < -0.39 is 0 Å². The fourth-order valence-corrected chi connectivity index (χ4v) is 3.69. The first-order valence-corrected chi connectivity index (χ1v) is 8.14. The van der Waals surface area contributed by atoms with Crippen molar-refractivity contribution in [1.29, 1.82) is 0 Å². The lowest BCUT2D eigenvalue weighted by molar-refractivity contribution is 0.0300. The molecule has 0 amide bonds. The van der Waals surface area contributed by atoms with E-state index in [1.54, 1.807) is 0 Å². The van der Waals surface area contributed by atoms with Crippen LogP contribution in [0.25, 0.3) is 0 Å². The summed E-state index contributed by atoms with van der Waals surface area (Å²) in [6.07, 6.45) is 3.39. The smallest absolute Gasteiger partial charge is 0.0842 e.